The second-order valence-corrected chi connectivity index (χ2v) is 9.94. The van der Waals surface area contributed by atoms with Crippen LogP contribution in [0.25, 0.3) is 0 Å². The van der Waals surface area contributed by atoms with Crippen LogP contribution in [0.2, 0.25) is 0 Å². The Morgan fingerprint density at radius 2 is 2.04 bits per heavy atom. The van der Waals surface area contributed by atoms with Crippen molar-refractivity contribution in [3.8, 4) is 0 Å². The Morgan fingerprint density at radius 1 is 1.26 bits per heavy atom. The number of nitrogens with zero attached hydrogens (tertiary/aromatic N) is 2. The molecular formula is C18H21N3O4S2. The van der Waals surface area contributed by atoms with Gasteiger partial charge in [-0.15, -0.1) is 11.3 Å². The number of sulfonamides is 1. The van der Waals surface area contributed by atoms with Crippen molar-refractivity contribution in [2.24, 2.45) is 0 Å². The lowest BCUT2D eigenvalue weighted by Crippen LogP contribution is -2.25. The fourth-order valence-corrected chi connectivity index (χ4v) is 5.24. The number of carbonyl (C=O) groups is 2. The molecule has 1 aliphatic rings. The van der Waals surface area contributed by atoms with E-state index in [0.29, 0.717) is 18.5 Å². The van der Waals surface area contributed by atoms with Gasteiger partial charge in [0, 0.05) is 43.2 Å². The zero-order valence-corrected chi connectivity index (χ0v) is 16.8. The van der Waals surface area contributed by atoms with Crippen molar-refractivity contribution in [2.75, 3.05) is 25.5 Å². The Bertz CT molecular complexity index is 966. The maximum Gasteiger partial charge on any atom is 0.252 e. The van der Waals surface area contributed by atoms with Crippen molar-refractivity contribution in [3.05, 3.63) is 46.8 Å². The van der Waals surface area contributed by atoms with Crippen molar-refractivity contribution >= 4 is 38.9 Å². The molecule has 27 heavy (non-hydrogen) atoms. The normalized spacial score (nSPS) is 14.8. The van der Waals surface area contributed by atoms with Crippen LogP contribution in [-0.2, 0) is 21.4 Å². The van der Waals surface area contributed by atoms with E-state index in [4.69, 9.17) is 0 Å². The second-order valence-electron chi connectivity index (χ2n) is 6.39. The van der Waals surface area contributed by atoms with E-state index in [1.165, 1.54) is 14.1 Å². The first kappa shape index (κ1) is 19.5. The molecule has 1 saturated heterocycles. The van der Waals surface area contributed by atoms with Crippen LogP contribution in [0.4, 0.5) is 5.69 Å². The van der Waals surface area contributed by atoms with Crippen LogP contribution in [0.1, 0.15) is 28.1 Å². The second kappa shape index (κ2) is 7.79. The SMILES string of the molecule is CN(C)S(=O)(=O)c1ccc(CNC(=O)c2cccc(N3CCCC3=O)c2)s1. The Balaban J connectivity index is 1.67. The first-order chi connectivity index (χ1) is 12.8. The Kier molecular flexibility index (Phi) is 5.64. The molecule has 0 atom stereocenters. The van der Waals surface area contributed by atoms with E-state index in [0.717, 1.165) is 32.6 Å². The van der Waals surface area contributed by atoms with Crippen molar-refractivity contribution in [2.45, 2.75) is 23.6 Å². The number of anilines is 1. The molecule has 0 saturated carbocycles. The first-order valence-corrected chi connectivity index (χ1v) is 10.7. The molecule has 9 heteroatoms. The van der Waals surface area contributed by atoms with Crippen LogP contribution in [0.5, 0.6) is 0 Å². The average Bonchev–Trinajstić information content (AvgIpc) is 3.29. The molecule has 2 aromatic rings. The summed E-state index contributed by atoms with van der Waals surface area (Å²) in [5, 5.41) is 2.80. The molecule has 0 bridgehead atoms. The maximum absolute atomic E-state index is 12.4. The lowest BCUT2D eigenvalue weighted by atomic mass is 10.1. The van der Waals surface area contributed by atoms with Crippen molar-refractivity contribution in [1.29, 1.82) is 0 Å². The summed E-state index contributed by atoms with van der Waals surface area (Å²) < 4.78 is 25.6. The van der Waals surface area contributed by atoms with Gasteiger partial charge in [0.05, 0.1) is 6.54 Å². The molecule has 1 fully saturated rings. The van der Waals surface area contributed by atoms with Crippen molar-refractivity contribution in [1.82, 2.24) is 9.62 Å². The first-order valence-electron chi connectivity index (χ1n) is 8.49. The molecule has 1 aliphatic heterocycles. The molecule has 0 radical (unpaired) electrons. The third-order valence-corrected chi connectivity index (χ3v) is 7.66. The maximum atomic E-state index is 12.4. The summed E-state index contributed by atoms with van der Waals surface area (Å²) in [6.07, 6.45) is 1.36. The Morgan fingerprint density at radius 3 is 2.70 bits per heavy atom. The van der Waals surface area contributed by atoms with Gasteiger partial charge in [0.1, 0.15) is 4.21 Å². The third kappa shape index (κ3) is 4.20. The van der Waals surface area contributed by atoms with Gasteiger partial charge in [-0.3, -0.25) is 9.59 Å². The zero-order chi connectivity index (χ0) is 19.6. The molecule has 1 aromatic carbocycles. The van der Waals surface area contributed by atoms with Gasteiger partial charge in [-0.1, -0.05) is 6.07 Å². The lowest BCUT2D eigenvalue weighted by Gasteiger charge is -2.16. The van der Waals surface area contributed by atoms with E-state index in [2.05, 4.69) is 5.32 Å². The highest BCUT2D eigenvalue weighted by Crippen LogP contribution is 2.24. The monoisotopic (exact) mass is 407 g/mol. The van der Waals surface area contributed by atoms with Gasteiger partial charge in [-0.2, -0.15) is 0 Å². The zero-order valence-electron chi connectivity index (χ0n) is 15.1. The predicted molar refractivity (Wildman–Crippen MR) is 104 cm³/mol. The van der Waals surface area contributed by atoms with E-state index >= 15 is 0 Å². The average molecular weight is 408 g/mol. The molecule has 0 spiro atoms. The molecule has 2 heterocycles. The number of amides is 2. The van der Waals surface area contributed by atoms with E-state index in [-0.39, 0.29) is 22.6 Å². The summed E-state index contributed by atoms with van der Waals surface area (Å²) in [5.74, 6) is -0.199. The minimum Gasteiger partial charge on any atom is -0.347 e. The largest absolute Gasteiger partial charge is 0.347 e. The van der Waals surface area contributed by atoms with Crippen LogP contribution in [0.3, 0.4) is 0 Å². The highest BCUT2D eigenvalue weighted by molar-refractivity contribution is 7.91. The van der Waals surface area contributed by atoms with E-state index in [9.17, 15) is 18.0 Å². The van der Waals surface area contributed by atoms with Crippen LogP contribution in [0.15, 0.2) is 40.6 Å². The number of nitrogens with one attached hydrogen (secondary N) is 1. The van der Waals surface area contributed by atoms with Gasteiger partial charge in [0.2, 0.25) is 5.91 Å². The van der Waals surface area contributed by atoms with Crippen molar-refractivity contribution in [3.63, 3.8) is 0 Å². The molecule has 3 rings (SSSR count). The van der Waals surface area contributed by atoms with Gasteiger partial charge in [-0.05, 0) is 36.8 Å². The molecule has 1 aromatic heterocycles. The van der Waals surface area contributed by atoms with Gasteiger partial charge < -0.3 is 10.2 Å². The number of thiophene rings is 1. The minimum atomic E-state index is -3.47. The molecule has 2 amide bonds. The van der Waals surface area contributed by atoms with Crippen LogP contribution < -0.4 is 10.2 Å². The van der Waals surface area contributed by atoms with E-state index < -0.39 is 10.0 Å². The van der Waals surface area contributed by atoms with Gasteiger partial charge in [0.25, 0.3) is 15.9 Å². The lowest BCUT2D eigenvalue weighted by molar-refractivity contribution is -0.117. The minimum absolute atomic E-state index is 0.0702. The summed E-state index contributed by atoms with van der Waals surface area (Å²) in [6.45, 7) is 0.904. The molecule has 1 N–H and O–H groups in total. The quantitative estimate of drug-likeness (QED) is 0.794. The van der Waals surface area contributed by atoms with Crippen LogP contribution in [0, 0.1) is 0 Å². The third-order valence-electron chi connectivity index (χ3n) is 4.29. The van der Waals surface area contributed by atoms with E-state index in [1.54, 1.807) is 35.2 Å². The summed E-state index contributed by atoms with van der Waals surface area (Å²) >= 11 is 1.13. The topological polar surface area (TPSA) is 86.8 Å². The number of carbonyl (C=O) groups excluding carboxylic acids is 2. The summed E-state index contributed by atoms with van der Waals surface area (Å²) in [6, 6.07) is 10.2. The summed E-state index contributed by atoms with van der Waals surface area (Å²) in [7, 11) is -0.504. The number of hydrogen-bond acceptors (Lipinski definition) is 5. The Labute approximate surface area is 162 Å². The van der Waals surface area contributed by atoms with Gasteiger partial charge in [0.15, 0.2) is 0 Å². The summed E-state index contributed by atoms with van der Waals surface area (Å²) in [4.78, 5) is 26.7. The van der Waals surface area contributed by atoms with Crippen molar-refractivity contribution < 1.29 is 18.0 Å². The predicted octanol–water partition coefficient (Wildman–Crippen LogP) is 2.06. The molecule has 7 nitrogen and oxygen atoms in total. The molecular weight excluding hydrogens is 386 g/mol. The Hall–Kier alpha value is -2.23. The number of benzene rings is 1. The highest BCUT2D eigenvalue weighted by Gasteiger charge is 2.22. The van der Waals surface area contributed by atoms with Gasteiger partial charge >= 0.3 is 0 Å². The number of rotatable bonds is 6. The molecule has 0 unspecified atom stereocenters. The fourth-order valence-electron chi connectivity index (χ4n) is 2.78. The van der Waals surface area contributed by atoms with Crippen LogP contribution in [-0.4, -0.2) is 45.2 Å². The van der Waals surface area contributed by atoms with E-state index in [1.807, 2.05) is 6.07 Å². The highest BCUT2D eigenvalue weighted by atomic mass is 32.2. The van der Waals surface area contributed by atoms with Gasteiger partial charge in [-0.25, -0.2) is 12.7 Å². The summed E-state index contributed by atoms with van der Waals surface area (Å²) in [5.41, 5.74) is 1.19. The molecule has 0 aliphatic carbocycles. The molecule has 144 valence electrons. The number of hydrogen-bond donors (Lipinski definition) is 1. The smallest absolute Gasteiger partial charge is 0.252 e. The van der Waals surface area contributed by atoms with Crippen LogP contribution >= 0.6 is 11.3 Å². The fraction of sp³-hybridized carbons (Fsp3) is 0.333. The standard InChI is InChI=1S/C18H21N3O4S2/c1-20(2)27(24,25)17-9-8-15(26-17)12-19-18(23)13-5-3-6-14(11-13)21-10-4-7-16(21)22/h3,5-6,8-9,11H,4,7,10,12H2,1-2H3,(H,19,23).